The number of nitrogens with one attached hydrogen (secondary N) is 1. The van der Waals surface area contributed by atoms with Crippen molar-refractivity contribution < 1.29 is 9.28 Å². The molecule has 0 radical (unpaired) electrons. The summed E-state index contributed by atoms with van der Waals surface area (Å²) in [5.41, 5.74) is 2.44. The predicted molar refractivity (Wildman–Crippen MR) is 98.5 cm³/mol. The summed E-state index contributed by atoms with van der Waals surface area (Å²) in [6.45, 7) is 8.35. The highest BCUT2D eigenvalue weighted by molar-refractivity contribution is 5.83. The first kappa shape index (κ1) is 19.7. The smallest absolute Gasteiger partial charge is 0.227 e. The molecule has 0 aliphatic carbocycles. The van der Waals surface area contributed by atoms with Crippen LogP contribution in [0.25, 0.3) is 0 Å². The molecule has 0 aliphatic rings. The van der Waals surface area contributed by atoms with Gasteiger partial charge in [-0.15, -0.1) is 0 Å². The number of hydrogen-bond acceptors (Lipinski definition) is 1. The number of amides is 1. The monoisotopic (exact) mass is 319 g/mol. The summed E-state index contributed by atoms with van der Waals surface area (Å²) in [6.07, 6.45) is 3.27. The van der Waals surface area contributed by atoms with Crippen LogP contribution in [0, 0.1) is 5.92 Å². The topological polar surface area (TPSA) is 29.1 Å². The van der Waals surface area contributed by atoms with Gasteiger partial charge in [0.2, 0.25) is 5.91 Å². The lowest BCUT2D eigenvalue weighted by molar-refractivity contribution is -0.870. The molecule has 0 saturated carbocycles. The summed E-state index contributed by atoms with van der Waals surface area (Å²) in [5.74, 6) is 0.710. The Hall–Kier alpha value is -1.35. The van der Waals surface area contributed by atoms with Gasteiger partial charge in [0.25, 0.3) is 0 Å². The number of benzene rings is 1. The van der Waals surface area contributed by atoms with E-state index in [1.54, 1.807) is 0 Å². The minimum absolute atomic E-state index is 0.0819. The van der Waals surface area contributed by atoms with Crippen LogP contribution in [0.15, 0.2) is 24.3 Å². The van der Waals surface area contributed by atoms with E-state index >= 15 is 0 Å². The van der Waals surface area contributed by atoms with Crippen molar-refractivity contribution in [1.29, 1.82) is 0 Å². The van der Waals surface area contributed by atoms with Crippen LogP contribution in [0.2, 0.25) is 0 Å². The molecule has 1 aromatic carbocycles. The maximum absolute atomic E-state index is 12.3. The highest BCUT2D eigenvalue weighted by Crippen LogP contribution is 2.17. The molecular formula is C20H35N2O+. The van der Waals surface area contributed by atoms with E-state index in [0.717, 1.165) is 42.4 Å². The second-order valence-electron chi connectivity index (χ2n) is 8.07. The third-order valence-electron chi connectivity index (χ3n) is 4.07. The molecule has 0 heterocycles. The Morgan fingerprint density at radius 2 is 1.65 bits per heavy atom. The molecule has 3 nitrogen and oxygen atoms in total. The van der Waals surface area contributed by atoms with E-state index in [9.17, 15) is 4.79 Å². The van der Waals surface area contributed by atoms with E-state index in [1.807, 2.05) is 6.92 Å². The molecule has 0 spiro atoms. The SMILES string of the molecule is CC(C)Cc1ccc([C@@H](C)C(=O)NCCCC[N+](C)(C)C)cc1. The Labute approximate surface area is 142 Å². The zero-order valence-electron chi connectivity index (χ0n) is 15.9. The van der Waals surface area contributed by atoms with Crippen molar-refractivity contribution >= 4 is 5.91 Å². The van der Waals surface area contributed by atoms with Crippen LogP contribution < -0.4 is 5.32 Å². The summed E-state index contributed by atoms with van der Waals surface area (Å²) in [4.78, 5) is 12.3. The van der Waals surface area contributed by atoms with Crippen LogP contribution in [-0.4, -0.2) is 44.6 Å². The molecule has 1 aromatic rings. The number of unbranched alkanes of at least 4 members (excludes halogenated alkanes) is 1. The molecule has 1 atom stereocenters. The Morgan fingerprint density at radius 1 is 1.04 bits per heavy atom. The van der Waals surface area contributed by atoms with Crippen molar-refractivity contribution in [2.75, 3.05) is 34.2 Å². The second kappa shape index (κ2) is 9.07. The van der Waals surface area contributed by atoms with Crippen molar-refractivity contribution in [3.8, 4) is 0 Å². The van der Waals surface area contributed by atoms with Gasteiger partial charge >= 0.3 is 0 Å². The number of nitrogens with zero attached hydrogens (tertiary/aromatic N) is 1. The maximum atomic E-state index is 12.3. The number of carbonyl (C=O) groups excluding carboxylic acids is 1. The molecule has 0 fully saturated rings. The van der Waals surface area contributed by atoms with E-state index in [-0.39, 0.29) is 11.8 Å². The highest BCUT2D eigenvalue weighted by Gasteiger charge is 2.15. The lowest BCUT2D eigenvalue weighted by Crippen LogP contribution is -2.36. The van der Waals surface area contributed by atoms with E-state index in [2.05, 4.69) is 64.6 Å². The van der Waals surface area contributed by atoms with Crippen LogP contribution in [0.5, 0.6) is 0 Å². The Bertz CT molecular complexity index is 471. The summed E-state index contributed by atoms with van der Waals surface area (Å²) in [5, 5.41) is 3.07. The van der Waals surface area contributed by atoms with Gasteiger partial charge in [0.05, 0.1) is 33.6 Å². The fourth-order valence-corrected chi connectivity index (χ4v) is 2.64. The maximum Gasteiger partial charge on any atom is 0.227 e. The largest absolute Gasteiger partial charge is 0.356 e. The Kier molecular flexibility index (Phi) is 7.77. The van der Waals surface area contributed by atoms with Crippen LogP contribution in [0.4, 0.5) is 0 Å². The average molecular weight is 320 g/mol. The number of quaternary nitrogens is 1. The summed E-state index contributed by atoms with van der Waals surface area (Å²) in [6, 6.07) is 8.50. The molecule has 3 heteroatoms. The van der Waals surface area contributed by atoms with Crippen LogP contribution in [0.3, 0.4) is 0 Å². The predicted octanol–water partition coefficient (Wildman–Crippen LogP) is 3.59. The van der Waals surface area contributed by atoms with Crippen LogP contribution in [-0.2, 0) is 11.2 Å². The quantitative estimate of drug-likeness (QED) is 0.547. The number of carbonyl (C=O) groups is 1. The van der Waals surface area contributed by atoms with Gasteiger partial charge in [-0.25, -0.2) is 0 Å². The van der Waals surface area contributed by atoms with Gasteiger partial charge in [-0.05, 0) is 43.2 Å². The second-order valence-corrected chi connectivity index (χ2v) is 8.07. The number of rotatable bonds is 9. The van der Waals surface area contributed by atoms with Crippen molar-refractivity contribution in [1.82, 2.24) is 5.32 Å². The standard InChI is InChI=1S/C20H34N2O/c1-16(2)15-18-9-11-19(12-10-18)17(3)20(23)21-13-7-8-14-22(4,5)6/h9-12,16-17H,7-8,13-15H2,1-6H3/p+1/t17-/m1/s1. The normalized spacial score (nSPS) is 13.2. The van der Waals surface area contributed by atoms with E-state index in [1.165, 1.54) is 5.56 Å². The molecule has 0 unspecified atom stereocenters. The minimum Gasteiger partial charge on any atom is -0.356 e. The van der Waals surface area contributed by atoms with E-state index in [4.69, 9.17) is 0 Å². The molecule has 0 saturated heterocycles. The van der Waals surface area contributed by atoms with Crippen molar-refractivity contribution in [2.24, 2.45) is 5.92 Å². The third-order valence-corrected chi connectivity index (χ3v) is 4.07. The zero-order valence-corrected chi connectivity index (χ0v) is 15.9. The number of hydrogen-bond donors (Lipinski definition) is 1. The van der Waals surface area contributed by atoms with Crippen molar-refractivity contribution in [3.05, 3.63) is 35.4 Å². The fraction of sp³-hybridized carbons (Fsp3) is 0.650. The molecule has 1 amide bonds. The molecule has 1 N–H and O–H groups in total. The summed E-state index contributed by atoms with van der Waals surface area (Å²) in [7, 11) is 6.59. The Morgan fingerprint density at radius 3 is 2.17 bits per heavy atom. The molecule has 130 valence electrons. The molecule has 0 aromatic heterocycles. The Balaban J connectivity index is 2.38. The van der Waals surface area contributed by atoms with Crippen LogP contribution in [0.1, 0.15) is 50.7 Å². The summed E-state index contributed by atoms with van der Waals surface area (Å²) >= 11 is 0. The fourth-order valence-electron chi connectivity index (χ4n) is 2.64. The first-order valence-electron chi connectivity index (χ1n) is 8.86. The highest BCUT2D eigenvalue weighted by atomic mass is 16.1. The lowest BCUT2D eigenvalue weighted by Gasteiger charge is -2.23. The molecule has 1 rings (SSSR count). The molecule has 0 aliphatic heterocycles. The van der Waals surface area contributed by atoms with Gasteiger partial charge in [0, 0.05) is 6.54 Å². The van der Waals surface area contributed by atoms with Crippen molar-refractivity contribution in [2.45, 2.75) is 46.0 Å². The van der Waals surface area contributed by atoms with E-state index in [0.29, 0.717) is 5.92 Å². The van der Waals surface area contributed by atoms with Gasteiger partial charge in [0.15, 0.2) is 0 Å². The van der Waals surface area contributed by atoms with Crippen molar-refractivity contribution in [3.63, 3.8) is 0 Å². The van der Waals surface area contributed by atoms with E-state index < -0.39 is 0 Å². The first-order valence-corrected chi connectivity index (χ1v) is 8.86. The van der Waals surface area contributed by atoms with Crippen LogP contribution >= 0.6 is 0 Å². The first-order chi connectivity index (χ1) is 10.7. The average Bonchev–Trinajstić information content (AvgIpc) is 2.45. The molecular weight excluding hydrogens is 284 g/mol. The zero-order chi connectivity index (χ0) is 17.5. The molecule has 0 bridgehead atoms. The summed E-state index contributed by atoms with van der Waals surface area (Å²) < 4.78 is 0.979. The van der Waals surface area contributed by atoms with Gasteiger partial charge < -0.3 is 9.80 Å². The third kappa shape index (κ3) is 8.17. The van der Waals surface area contributed by atoms with Gasteiger partial charge in [-0.1, -0.05) is 38.1 Å². The lowest BCUT2D eigenvalue weighted by atomic mass is 9.96. The minimum atomic E-state index is -0.0819. The van der Waals surface area contributed by atoms with Gasteiger partial charge in [-0.2, -0.15) is 0 Å². The van der Waals surface area contributed by atoms with Gasteiger partial charge in [-0.3, -0.25) is 4.79 Å². The molecule has 23 heavy (non-hydrogen) atoms. The van der Waals surface area contributed by atoms with Gasteiger partial charge in [0.1, 0.15) is 0 Å².